The number of aliphatic imine (C=N–C) groups is 1. The Bertz CT molecular complexity index is 879. The van der Waals surface area contributed by atoms with Gasteiger partial charge in [0.2, 0.25) is 11.8 Å². The first-order valence-electron chi connectivity index (χ1n) is 6.49. The van der Waals surface area contributed by atoms with Crippen LogP contribution in [-0.4, -0.2) is 33.2 Å². The lowest BCUT2D eigenvalue weighted by Crippen LogP contribution is -2.29. The number of carbonyl (C=O) groups excluding carboxylic acids is 1. The number of halogens is 1. The third-order valence-electron chi connectivity index (χ3n) is 3.59. The number of aromatic amines is 1. The lowest BCUT2D eigenvalue weighted by molar-refractivity contribution is -0.114. The number of anilines is 1. The number of nitrogens with zero attached hydrogens (tertiary/aromatic N) is 2. The number of hydrogen-bond donors (Lipinski definition) is 4. The molecule has 0 saturated carbocycles. The summed E-state index contributed by atoms with van der Waals surface area (Å²) >= 11 is 7.54. The summed E-state index contributed by atoms with van der Waals surface area (Å²) in [4.78, 5) is 24.0. The fourth-order valence-corrected chi connectivity index (χ4v) is 3.95. The number of nitrogens with one attached hydrogen (secondary N) is 2. The van der Waals surface area contributed by atoms with Gasteiger partial charge in [0.05, 0.1) is 9.90 Å². The van der Waals surface area contributed by atoms with Crippen LogP contribution in [0.4, 0.5) is 11.6 Å². The van der Waals surface area contributed by atoms with Crippen LogP contribution in [0.15, 0.2) is 10.4 Å². The molecule has 2 aromatic heterocycles. The minimum atomic E-state index is -0.253. The molecule has 7 nitrogen and oxygen atoms in total. The number of aromatic nitrogens is 2. The molecule has 2 aliphatic rings. The molecule has 0 aliphatic carbocycles. The summed E-state index contributed by atoms with van der Waals surface area (Å²) < 4.78 is 0. The zero-order valence-corrected chi connectivity index (χ0v) is 12.7. The van der Waals surface area contributed by atoms with Gasteiger partial charge in [-0.1, -0.05) is 11.6 Å². The summed E-state index contributed by atoms with van der Waals surface area (Å²) in [7, 11) is 0. The summed E-state index contributed by atoms with van der Waals surface area (Å²) in [5, 5.41) is 15.1. The highest BCUT2D eigenvalue weighted by molar-refractivity contribution is 7.13. The first kappa shape index (κ1) is 13.4. The molecule has 0 saturated heterocycles. The van der Waals surface area contributed by atoms with Crippen molar-refractivity contribution in [2.24, 2.45) is 4.99 Å². The zero-order valence-electron chi connectivity index (χ0n) is 11.1. The number of hydrogen-bond acceptors (Lipinski definition) is 6. The molecule has 0 fully saturated rings. The van der Waals surface area contributed by atoms with E-state index in [4.69, 9.17) is 17.3 Å². The number of aromatic hydroxyl groups is 1. The van der Waals surface area contributed by atoms with Crippen molar-refractivity contribution in [3.63, 3.8) is 0 Å². The Balaban J connectivity index is 2.02. The summed E-state index contributed by atoms with van der Waals surface area (Å²) in [6.07, 6.45) is 0.518. The van der Waals surface area contributed by atoms with Gasteiger partial charge in [0.1, 0.15) is 17.1 Å². The number of H-pyrrole nitrogens is 1. The fourth-order valence-electron chi connectivity index (χ4n) is 2.68. The monoisotopic (exact) mass is 335 g/mol. The van der Waals surface area contributed by atoms with Crippen LogP contribution >= 0.6 is 22.9 Å². The average molecular weight is 336 g/mol. The quantitative estimate of drug-likeness (QED) is 0.637. The molecule has 4 heterocycles. The third kappa shape index (κ3) is 1.77. The van der Waals surface area contributed by atoms with Gasteiger partial charge < -0.3 is 21.1 Å². The molecule has 0 atom stereocenters. The topological polar surface area (TPSA) is 116 Å². The number of nitrogen functional groups attached to an aromatic ring is 1. The highest BCUT2D eigenvalue weighted by atomic mass is 35.5. The number of carbonyl (C=O) groups is 1. The van der Waals surface area contributed by atoms with Gasteiger partial charge in [-0.3, -0.25) is 4.79 Å². The van der Waals surface area contributed by atoms with Crippen molar-refractivity contribution in [2.75, 3.05) is 12.3 Å². The molecule has 0 unspecified atom stereocenters. The Morgan fingerprint density at radius 1 is 1.45 bits per heavy atom. The highest BCUT2D eigenvalue weighted by Crippen LogP contribution is 2.48. The summed E-state index contributed by atoms with van der Waals surface area (Å²) in [6.45, 7) is 0.434. The number of imidazole rings is 1. The molecule has 2 aliphatic heterocycles. The summed E-state index contributed by atoms with van der Waals surface area (Å²) in [5.74, 6) is -0.328. The second kappa shape index (κ2) is 4.59. The normalized spacial score (nSPS) is 17.0. The number of fused-ring (bicyclic) bond motifs is 3. The van der Waals surface area contributed by atoms with E-state index >= 15 is 0 Å². The third-order valence-corrected chi connectivity index (χ3v) is 5.00. The lowest BCUT2D eigenvalue weighted by Gasteiger charge is -2.07. The van der Waals surface area contributed by atoms with Crippen LogP contribution in [0.5, 0.6) is 5.88 Å². The van der Waals surface area contributed by atoms with E-state index in [1.54, 1.807) is 5.38 Å². The number of amides is 1. The summed E-state index contributed by atoms with van der Waals surface area (Å²) in [5.41, 5.74) is 8.35. The Kier molecular flexibility index (Phi) is 2.78. The van der Waals surface area contributed by atoms with Crippen LogP contribution in [0.25, 0.3) is 11.1 Å². The van der Waals surface area contributed by atoms with Gasteiger partial charge in [0.15, 0.2) is 0 Å². The molecule has 0 bridgehead atoms. The Labute approximate surface area is 133 Å². The van der Waals surface area contributed by atoms with Gasteiger partial charge in [-0.2, -0.15) is 4.98 Å². The van der Waals surface area contributed by atoms with E-state index in [0.29, 0.717) is 40.7 Å². The second-order valence-electron chi connectivity index (χ2n) is 4.90. The average Bonchev–Trinajstić information content (AvgIpc) is 3.08. The molecular formula is C13H10ClN5O2S. The Morgan fingerprint density at radius 2 is 2.27 bits per heavy atom. The van der Waals surface area contributed by atoms with Crippen molar-refractivity contribution in [3.8, 4) is 5.88 Å². The molecular weight excluding hydrogens is 326 g/mol. The van der Waals surface area contributed by atoms with E-state index in [2.05, 4.69) is 20.3 Å². The largest absolute Gasteiger partial charge is 0.492 e. The van der Waals surface area contributed by atoms with Crippen LogP contribution in [0, 0.1) is 0 Å². The van der Waals surface area contributed by atoms with Crippen molar-refractivity contribution in [3.05, 3.63) is 21.0 Å². The lowest BCUT2D eigenvalue weighted by atomic mass is 9.99. The zero-order chi connectivity index (χ0) is 15.4. The van der Waals surface area contributed by atoms with Gasteiger partial charge in [0, 0.05) is 17.5 Å². The molecule has 22 heavy (non-hydrogen) atoms. The molecule has 4 rings (SSSR count). The van der Waals surface area contributed by atoms with Crippen LogP contribution < -0.4 is 11.1 Å². The van der Waals surface area contributed by atoms with Crippen molar-refractivity contribution in [1.82, 2.24) is 15.3 Å². The van der Waals surface area contributed by atoms with Crippen molar-refractivity contribution >= 4 is 57.3 Å². The maximum absolute atomic E-state index is 12.2. The molecule has 5 N–H and O–H groups in total. The van der Waals surface area contributed by atoms with Crippen molar-refractivity contribution < 1.29 is 9.90 Å². The maximum atomic E-state index is 12.2. The predicted octanol–water partition coefficient (Wildman–Crippen LogP) is 1.93. The van der Waals surface area contributed by atoms with Gasteiger partial charge in [-0.25, -0.2) is 4.99 Å². The molecule has 2 aromatic rings. The highest BCUT2D eigenvalue weighted by Gasteiger charge is 2.35. The second-order valence-corrected chi connectivity index (χ2v) is 6.19. The minimum Gasteiger partial charge on any atom is -0.492 e. The molecule has 112 valence electrons. The smallest absolute Gasteiger partial charge is 0.270 e. The molecule has 0 spiro atoms. The van der Waals surface area contributed by atoms with E-state index in [9.17, 15) is 9.90 Å². The van der Waals surface area contributed by atoms with E-state index in [-0.39, 0.29) is 17.7 Å². The first-order valence-corrected chi connectivity index (χ1v) is 7.74. The van der Waals surface area contributed by atoms with Gasteiger partial charge in [-0.05, 0) is 12.0 Å². The van der Waals surface area contributed by atoms with Gasteiger partial charge >= 0.3 is 0 Å². The summed E-state index contributed by atoms with van der Waals surface area (Å²) in [6, 6.07) is 0. The van der Waals surface area contributed by atoms with Gasteiger partial charge in [0.25, 0.3) is 5.91 Å². The Hall–Kier alpha value is -2.32. The number of rotatable bonds is 1. The number of thiophene rings is 1. The SMILES string of the molecule is Nc1nc(O)c(C2=C3C(=Nc4c(Cl)csc43)C(=O)NCC2)[nH]1. The van der Waals surface area contributed by atoms with Crippen LogP contribution in [0.1, 0.15) is 17.0 Å². The maximum Gasteiger partial charge on any atom is 0.270 e. The Morgan fingerprint density at radius 3 is 3.00 bits per heavy atom. The van der Waals surface area contributed by atoms with E-state index < -0.39 is 0 Å². The van der Waals surface area contributed by atoms with Crippen LogP contribution in [0.2, 0.25) is 5.02 Å². The molecule has 0 radical (unpaired) electrons. The van der Waals surface area contributed by atoms with Crippen LogP contribution in [0.3, 0.4) is 0 Å². The first-order chi connectivity index (χ1) is 10.6. The van der Waals surface area contributed by atoms with E-state index in [1.165, 1.54) is 11.3 Å². The van der Waals surface area contributed by atoms with Crippen molar-refractivity contribution in [2.45, 2.75) is 6.42 Å². The minimum absolute atomic E-state index is 0.116. The number of nitrogens with two attached hydrogens (primary N) is 1. The van der Waals surface area contributed by atoms with E-state index in [0.717, 1.165) is 10.5 Å². The molecule has 0 aromatic carbocycles. The van der Waals surface area contributed by atoms with Crippen molar-refractivity contribution in [1.29, 1.82) is 0 Å². The standard InChI is InChI=1S/C13H10ClN5O2S/c14-5-3-22-10-6-4(7-12(21)19-13(15)18-7)1-2-16-11(20)9(6)17-8(5)10/h3,21H,1-2H2,(H,16,20)(H3,15,18,19). The van der Waals surface area contributed by atoms with Gasteiger partial charge in [-0.15, -0.1) is 11.3 Å². The van der Waals surface area contributed by atoms with Crippen LogP contribution in [-0.2, 0) is 4.79 Å². The molecule has 9 heteroatoms. The predicted molar refractivity (Wildman–Crippen MR) is 85.5 cm³/mol. The molecule has 1 amide bonds. The fraction of sp³-hybridized carbons (Fsp3) is 0.154. The van der Waals surface area contributed by atoms with E-state index in [1.807, 2.05) is 0 Å².